The van der Waals surface area contributed by atoms with Crippen LogP contribution in [0, 0.1) is 6.92 Å². The summed E-state index contributed by atoms with van der Waals surface area (Å²) in [6, 6.07) is 5.71. The predicted molar refractivity (Wildman–Crippen MR) is 81.1 cm³/mol. The summed E-state index contributed by atoms with van der Waals surface area (Å²) in [6.07, 6.45) is 3.69. The topological polar surface area (TPSA) is 52.6 Å². The lowest BCUT2D eigenvalue weighted by Gasteiger charge is -2.29. The summed E-state index contributed by atoms with van der Waals surface area (Å²) in [6.45, 7) is 2.35. The van der Waals surface area contributed by atoms with Crippen molar-refractivity contribution in [3.05, 3.63) is 29.3 Å². The first-order valence-corrected chi connectivity index (χ1v) is 7.21. The molecule has 1 amide bonds. The fourth-order valence-corrected chi connectivity index (χ4v) is 2.97. The molecular weight excluding hydrogens is 252 g/mol. The molecule has 0 saturated heterocycles. The number of carbonyl (C=O) groups is 1. The Kier molecular flexibility index (Phi) is 4.33. The molecule has 0 unspecified atom stereocenters. The highest BCUT2D eigenvalue weighted by molar-refractivity contribution is 5.96. The second-order valence-electron chi connectivity index (χ2n) is 5.87. The second-order valence-corrected chi connectivity index (χ2v) is 5.87. The van der Waals surface area contributed by atoms with Crippen LogP contribution in [0.4, 0.5) is 5.69 Å². The van der Waals surface area contributed by atoms with Gasteiger partial charge in [-0.05, 0) is 43.5 Å². The van der Waals surface area contributed by atoms with E-state index < -0.39 is 5.60 Å². The van der Waals surface area contributed by atoms with Gasteiger partial charge in [0.15, 0.2) is 0 Å². The number of aliphatic hydroxyl groups is 1. The SMILES string of the molecule is CNc1ccc(C(=O)N(C)CC2(O)CCCC2)c(C)c1. The summed E-state index contributed by atoms with van der Waals surface area (Å²) in [7, 11) is 3.63. The van der Waals surface area contributed by atoms with Gasteiger partial charge in [-0.3, -0.25) is 4.79 Å². The van der Waals surface area contributed by atoms with Crippen molar-refractivity contribution in [1.82, 2.24) is 4.90 Å². The van der Waals surface area contributed by atoms with Gasteiger partial charge in [0.1, 0.15) is 0 Å². The zero-order chi connectivity index (χ0) is 14.8. The van der Waals surface area contributed by atoms with Crippen LogP contribution in [0.15, 0.2) is 18.2 Å². The number of aryl methyl sites for hydroxylation is 1. The summed E-state index contributed by atoms with van der Waals surface area (Å²) in [5, 5.41) is 13.5. The van der Waals surface area contributed by atoms with Crippen LogP contribution < -0.4 is 5.32 Å². The first kappa shape index (κ1) is 14.9. The maximum atomic E-state index is 12.5. The van der Waals surface area contributed by atoms with Crippen LogP contribution >= 0.6 is 0 Å². The molecule has 0 atom stereocenters. The van der Waals surface area contributed by atoms with Gasteiger partial charge in [0.2, 0.25) is 0 Å². The highest BCUT2D eigenvalue weighted by Gasteiger charge is 2.33. The lowest BCUT2D eigenvalue weighted by Crippen LogP contribution is -2.42. The molecule has 1 aliphatic carbocycles. The molecule has 0 bridgehead atoms. The molecule has 1 aromatic rings. The fraction of sp³-hybridized carbons (Fsp3) is 0.562. The van der Waals surface area contributed by atoms with Gasteiger partial charge in [0.05, 0.1) is 5.60 Å². The van der Waals surface area contributed by atoms with E-state index in [0.29, 0.717) is 12.1 Å². The highest BCUT2D eigenvalue weighted by atomic mass is 16.3. The van der Waals surface area contributed by atoms with Crippen LogP contribution in [0.1, 0.15) is 41.6 Å². The van der Waals surface area contributed by atoms with Crippen molar-refractivity contribution in [3.63, 3.8) is 0 Å². The largest absolute Gasteiger partial charge is 0.388 e. The molecule has 2 rings (SSSR count). The van der Waals surface area contributed by atoms with E-state index in [0.717, 1.165) is 36.9 Å². The Morgan fingerprint density at radius 1 is 1.40 bits per heavy atom. The van der Waals surface area contributed by atoms with Crippen molar-refractivity contribution in [2.45, 2.75) is 38.2 Å². The standard InChI is InChI=1S/C16H24N2O2/c1-12-10-13(17-2)6-7-14(12)15(19)18(3)11-16(20)8-4-5-9-16/h6-7,10,17,20H,4-5,8-9,11H2,1-3H3. The van der Waals surface area contributed by atoms with Crippen molar-refractivity contribution in [3.8, 4) is 0 Å². The molecule has 2 N–H and O–H groups in total. The Morgan fingerprint density at radius 2 is 2.05 bits per heavy atom. The molecule has 1 aromatic carbocycles. The number of hydrogen-bond acceptors (Lipinski definition) is 3. The third-order valence-electron chi connectivity index (χ3n) is 4.16. The minimum absolute atomic E-state index is 0.0227. The van der Waals surface area contributed by atoms with Crippen LogP contribution in [0.5, 0.6) is 0 Å². The molecule has 20 heavy (non-hydrogen) atoms. The molecule has 0 heterocycles. The summed E-state index contributed by atoms with van der Waals surface area (Å²) in [5.74, 6) is -0.0227. The maximum Gasteiger partial charge on any atom is 0.253 e. The Morgan fingerprint density at radius 3 is 2.60 bits per heavy atom. The molecule has 4 nitrogen and oxygen atoms in total. The fourth-order valence-electron chi connectivity index (χ4n) is 2.97. The van der Waals surface area contributed by atoms with Crippen molar-refractivity contribution < 1.29 is 9.90 Å². The molecule has 0 aromatic heterocycles. The van der Waals surface area contributed by atoms with Gasteiger partial charge < -0.3 is 15.3 Å². The molecule has 110 valence electrons. The average molecular weight is 276 g/mol. The summed E-state index contributed by atoms with van der Waals surface area (Å²) in [4.78, 5) is 14.1. The van der Waals surface area contributed by atoms with Crippen LogP contribution in [-0.4, -0.2) is 42.2 Å². The van der Waals surface area contributed by atoms with Crippen LogP contribution in [0.25, 0.3) is 0 Å². The van der Waals surface area contributed by atoms with E-state index >= 15 is 0 Å². The van der Waals surface area contributed by atoms with Crippen LogP contribution in [0.2, 0.25) is 0 Å². The third kappa shape index (κ3) is 3.12. The number of hydrogen-bond donors (Lipinski definition) is 2. The lowest BCUT2D eigenvalue weighted by molar-refractivity contribution is 0.0156. The molecule has 0 spiro atoms. The van der Waals surface area contributed by atoms with E-state index in [9.17, 15) is 9.90 Å². The maximum absolute atomic E-state index is 12.5. The third-order valence-corrected chi connectivity index (χ3v) is 4.16. The number of rotatable bonds is 4. The summed E-state index contributed by atoms with van der Waals surface area (Å²) in [5.41, 5.74) is 1.96. The first-order chi connectivity index (χ1) is 9.45. The van der Waals surface area contributed by atoms with Gasteiger partial charge in [-0.2, -0.15) is 0 Å². The van der Waals surface area contributed by atoms with Gasteiger partial charge in [-0.1, -0.05) is 12.8 Å². The number of carbonyl (C=O) groups excluding carboxylic acids is 1. The number of nitrogens with zero attached hydrogens (tertiary/aromatic N) is 1. The Labute approximate surface area is 120 Å². The van der Waals surface area contributed by atoms with Crippen LogP contribution in [0.3, 0.4) is 0 Å². The smallest absolute Gasteiger partial charge is 0.253 e. The Bertz CT molecular complexity index is 493. The van der Waals surface area contributed by atoms with E-state index in [1.54, 1.807) is 11.9 Å². The minimum Gasteiger partial charge on any atom is -0.388 e. The number of anilines is 1. The Hall–Kier alpha value is -1.55. The number of likely N-dealkylation sites (N-methyl/N-ethyl adjacent to an activating group) is 1. The van der Waals surface area contributed by atoms with Crippen molar-refractivity contribution in [2.75, 3.05) is 26.0 Å². The molecule has 1 saturated carbocycles. The van der Waals surface area contributed by atoms with Crippen molar-refractivity contribution in [1.29, 1.82) is 0 Å². The number of amides is 1. The van der Waals surface area contributed by atoms with E-state index in [-0.39, 0.29) is 5.91 Å². The van der Waals surface area contributed by atoms with Gasteiger partial charge in [0.25, 0.3) is 5.91 Å². The van der Waals surface area contributed by atoms with E-state index in [2.05, 4.69) is 5.32 Å². The second kappa shape index (κ2) is 5.83. The monoisotopic (exact) mass is 276 g/mol. The average Bonchev–Trinajstić information content (AvgIpc) is 2.84. The molecule has 1 aliphatic rings. The predicted octanol–water partition coefficient (Wildman–Crippen LogP) is 2.41. The van der Waals surface area contributed by atoms with Gasteiger partial charge in [0, 0.05) is 31.9 Å². The zero-order valence-electron chi connectivity index (χ0n) is 12.6. The molecule has 0 aliphatic heterocycles. The molecule has 1 fully saturated rings. The van der Waals surface area contributed by atoms with E-state index in [4.69, 9.17) is 0 Å². The van der Waals surface area contributed by atoms with Gasteiger partial charge >= 0.3 is 0 Å². The quantitative estimate of drug-likeness (QED) is 0.888. The van der Waals surface area contributed by atoms with Crippen LogP contribution in [-0.2, 0) is 0 Å². The molecule has 0 radical (unpaired) electrons. The highest BCUT2D eigenvalue weighted by Crippen LogP contribution is 2.30. The molecular formula is C16H24N2O2. The van der Waals surface area contributed by atoms with Gasteiger partial charge in [-0.25, -0.2) is 0 Å². The zero-order valence-corrected chi connectivity index (χ0v) is 12.6. The first-order valence-electron chi connectivity index (χ1n) is 7.21. The Balaban J connectivity index is 2.10. The minimum atomic E-state index is -0.691. The van der Waals surface area contributed by atoms with Gasteiger partial charge in [-0.15, -0.1) is 0 Å². The summed E-state index contributed by atoms with van der Waals surface area (Å²) >= 11 is 0. The van der Waals surface area contributed by atoms with E-state index in [1.807, 2.05) is 32.2 Å². The van der Waals surface area contributed by atoms with Crippen molar-refractivity contribution in [2.24, 2.45) is 0 Å². The lowest BCUT2D eigenvalue weighted by atomic mass is 10.0. The van der Waals surface area contributed by atoms with E-state index in [1.165, 1.54) is 0 Å². The molecule has 4 heteroatoms. The number of nitrogens with one attached hydrogen (secondary N) is 1. The summed E-state index contributed by atoms with van der Waals surface area (Å²) < 4.78 is 0. The van der Waals surface area contributed by atoms with Crippen molar-refractivity contribution >= 4 is 11.6 Å². The number of benzene rings is 1. The normalized spacial score (nSPS) is 17.0.